The van der Waals surface area contributed by atoms with Gasteiger partial charge in [0.05, 0.1) is 18.1 Å². The lowest BCUT2D eigenvalue weighted by atomic mass is 10.1. The largest absolute Gasteiger partial charge is 0.396 e. The van der Waals surface area contributed by atoms with Crippen molar-refractivity contribution >= 4 is 11.6 Å². The molecule has 4 heteroatoms. The van der Waals surface area contributed by atoms with Crippen molar-refractivity contribution in [3.8, 4) is 6.07 Å². The summed E-state index contributed by atoms with van der Waals surface area (Å²) in [5.74, 6) is -0.102. The Hall–Kier alpha value is -2.64. The molecule has 0 aromatic heterocycles. The van der Waals surface area contributed by atoms with Crippen LogP contribution in [-0.2, 0) is 17.6 Å². The summed E-state index contributed by atoms with van der Waals surface area (Å²) < 4.78 is 0. The number of nitrogens with zero attached hydrogens (tertiary/aromatic N) is 1. The first-order valence-corrected chi connectivity index (χ1v) is 6.70. The molecule has 106 valence electrons. The van der Waals surface area contributed by atoms with Crippen LogP contribution in [0.15, 0.2) is 48.5 Å². The van der Waals surface area contributed by atoms with Crippen molar-refractivity contribution < 1.29 is 9.90 Å². The van der Waals surface area contributed by atoms with E-state index in [0.717, 1.165) is 16.8 Å². The van der Waals surface area contributed by atoms with Gasteiger partial charge in [-0.1, -0.05) is 24.3 Å². The minimum atomic E-state index is -0.102. The van der Waals surface area contributed by atoms with E-state index in [2.05, 4.69) is 5.32 Å². The van der Waals surface area contributed by atoms with Crippen LogP contribution in [0.25, 0.3) is 0 Å². The number of anilines is 1. The van der Waals surface area contributed by atoms with Crippen LogP contribution in [-0.4, -0.2) is 17.6 Å². The van der Waals surface area contributed by atoms with Crippen LogP contribution in [0, 0.1) is 11.3 Å². The van der Waals surface area contributed by atoms with E-state index in [-0.39, 0.29) is 18.9 Å². The van der Waals surface area contributed by atoms with Crippen molar-refractivity contribution in [2.45, 2.75) is 12.8 Å². The lowest BCUT2D eigenvalue weighted by Gasteiger charge is -2.06. The van der Waals surface area contributed by atoms with Crippen LogP contribution in [0.5, 0.6) is 0 Å². The van der Waals surface area contributed by atoms with Gasteiger partial charge in [0.15, 0.2) is 0 Å². The highest BCUT2D eigenvalue weighted by molar-refractivity contribution is 5.92. The molecular weight excluding hydrogens is 264 g/mol. The van der Waals surface area contributed by atoms with Crippen LogP contribution >= 0.6 is 0 Å². The van der Waals surface area contributed by atoms with Gasteiger partial charge in [0.2, 0.25) is 5.91 Å². The van der Waals surface area contributed by atoms with Gasteiger partial charge in [0.25, 0.3) is 0 Å². The van der Waals surface area contributed by atoms with E-state index in [4.69, 9.17) is 10.4 Å². The maximum absolute atomic E-state index is 11.9. The number of aliphatic hydroxyl groups is 1. The molecule has 0 atom stereocenters. The van der Waals surface area contributed by atoms with E-state index in [9.17, 15) is 4.79 Å². The molecule has 0 heterocycles. The van der Waals surface area contributed by atoms with Gasteiger partial charge in [-0.3, -0.25) is 4.79 Å². The predicted octanol–water partition coefficient (Wildman–Crippen LogP) is 2.27. The number of hydrogen-bond acceptors (Lipinski definition) is 3. The van der Waals surface area contributed by atoms with E-state index in [1.807, 2.05) is 30.3 Å². The molecule has 0 spiro atoms. The summed E-state index contributed by atoms with van der Waals surface area (Å²) >= 11 is 0. The first-order valence-electron chi connectivity index (χ1n) is 6.70. The van der Waals surface area contributed by atoms with Gasteiger partial charge in [-0.2, -0.15) is 5.26 Å². The van der Waals surface area contributed by atoms with E-state index in [1.54, 1.807) is 24.3 Å². The maximum atomic E-state index is 11.9. The zero-order chi connectivity index (χ0) is 15.1. The SMILES string of the molecule is N#Cc1ccc(CC(=O)Nc2ccc(CCO)cc2)cc1. The van der Waals surface area contributed by atoms with Crippen LogP contribution < -0.4 is 5.32 Å². The molecule has 0 saturated heterocycles. The Labute approximate surface area is 123 Å². The van der Waals surface area contributed by atoms with Crippen LogP contribution in [0.3, 0.4) is 0 Å². The van der Waals surface area contributed by atoms with Gasteiger partial charge in [-0.05, 0) is 41.8 Å². The molecule has 0 bridgehead atoms. The monoisotopic (exact) mass is 280 g/mol. The van der Waals surface area contributed by atoms with Crippen molar-refractivity contribution in [3.05, 3.63) is 65.2 Å². The molecule has 21 heavy (non-hydrogen) atoms. The van der Waals surface area contributed by atoms with E-state index in [0.29, 0.717) is 12.0 Å². The van der Waals surface area contributed by atoms with Crippen LogP contribution in [0.1, 0.15) is 16.7 Å². The smallest absolute Gasteiger partial charge is 0.228 e. The van der Waals surface area contributed by atoms with E-state index < -0.39 is 0 Å². The second-order valence-corrected chi connectivity index (χ2v) is 4.70. The molecule has 0 saturated carbocycles. The first kappa shape index (κ1) is 14.8. The van der Waals surface area contributed by atoms with Gasteiger partial charge < -0.3 is 10.4 Å². The highest BCUT2D eigenvalue weighted by Crippen LogP contribution is 2.11. The molecule has 2 aromatic rings. The normalized spacial score (nSPS) is 9.90. The minimum absolute atomic E-state index is 0.102. The summed E-state index contributed by atoms with van der Waals surface area (Å²) in [6.45, 7) is 0.115. The molecule has 0 aliphatic rings. The van der Waals surface area contributed by atoms with Crippen molar-refractivity contribution in [3.63, 3.8) is 0 Å². The number of rotatable bonds is 5. The van der Waals surface area contributed by atoms with Gasteiger partial charge in [-0.25, -0.2) is 0 Å². The van der Waals surface area contributed by atoms with E-state index in [1.165, 1.54) is 0 Å². The van der Waals surface area contributed by atoms with Crippen molar-refractivity contribution in [2.75, 3.05) is 11.9 Å². The van der Waals surface area contributed by atoms with Gasteiger partial charge >= 0.3 is 0 Å². The van der Waals surface area contributed by atoms with Gasteiger partial charge in [0.1, 0.15) is 0 Å². The molecule has 4 nitrogen and oxygen atoms in total. The Kier molecular flexibility index (Phi) is 5.08. The molecule has 0 aliphatic carbocycles. The molecule has 2 aromatic carbocycles. The average molecular weight is 280 g/mol. The highest BCUT2D eigenvalue weighted by atomic mass is 16.2. The molecule has 0 radical (unpaired) electrons. The number of hydrogen-bond donors (Lipinski definition) is 2. The number of carbonyl (C=O) groups excluding carboxylic acids is 1. The molecule has 0 aliphatic heterocycles. The zero-order valence-electron chi connectivity index (χ0n) is 11.5. The number of benzene rings is 2. The fraction of sp³-hybridized carbons (Fsp3) is 0.176. The third-order valence-corrected chi connectivity index (χ3v) is 3.09. The van der Waals surface area contributed by atoms with Crippen LogP contribution in [0.2, 0.25) is 0 Å². The number of nitriles is 1. The second-order valence-electron chi connectivity index (χ2n) is 4.70. The van der Waals surface area contributed by atoms with Gasteiger partial charge in [0, 0.05) is 12.3 Å². The fourth-order valence-corrected chi connectivity index (χ4v) is 1.97. The maximum Gasteiger partial charge on any atom is 0.228 e. The lowest BCUT2D eigenvalue weighted by Crippen LogP contribution is -2.14. The number of amides is 1. The Bertz CT molecular complexity index is 640. The van der Waals surface area contributed by atoms with Crippen molar-refractivity contribution in [1.82, 2.24) is 0 Å². The Morgan fingerprint density at radius 3 is 2.24 bits per heavy atom. The molecule has 1 amide bonds. The molecule has 2 rings (SSSR count). The zero-order valence-corrected chi connectivity index (χ0v) is 11.5. The number of carbonyl (C=O) groups is 1. The number of aliphatic hydroxyl groups excluding tert-OH is 1. The minimum Gasteiger partial charge on any atom is -0.396 e. The Balaban J connectivity index is 1.93. The third-order valence-electron chi connectivity index (χ3n) is 3.09. The summed E-state index contributed by atoms with van der Waals surface area (Å²) in [6, 6.07) is 16.4. The average Bonchev–Trinajstić information content (AvgIpc) is 2.50. The van der Waals surface area contributed by atoms with Crippen molar-refractivity contribution in [1.29, 1.82) is 5.26 Å². The summed E-state index contributed by atoms with van der Waals surface area (Å²) in [5, 5.41) is 20.4. The number of nitrogens with one attached hydrogen (secondary N) is 1. The first-order chi connectivity index (χ1) is 10.2. The predicted molar refractivity (Wildman–Crippen MR) is 80.7 cm³/mol. The lowest BCUT2D eigenvalue weighted by molar-refractivity contribution is -0.115. The Morgan fingerprint density at radius 2 is 1.67 bits per heavy atom. The second kappa shape index (κ2) is 7.22. The summed E-state index contributed by atoms with van der Waals surface area (Å²) in [5.41, 5.74) is 3.21. The van der Waals surface area contributed by atoms with Crippen molar-refractivity contribution in [2.24, 2.45) is 0 Å². The fourth-order valence-electron chi connectivity index (χ4n) is 1.97. The topological polar surface area (TPSA) is 73.1 Å². The summed E-state index contributed by atoms with van der Waals surface area (Å²) in [6.07, 6.45) is 0.879. The Morgan fingerprint density at radius 1 is 1.05 bits per heavy atom. The highest BCUT2D eigenvalue weighted by Gasteiger charge is 2.04. The van der Waals surface area contributed by atoms with E-state index >= 15 is 0 Å². The quantitative estimate of drug-likeness (QED) is 0.882. The van der Waals surface area contributed by atoms with Gasteiger partial charge in [-0.15, -0.1) is 0 Å². The summed E-state index contributed by atoms with van der Waals surface area (Å²) in [4.78, 5) is 11.9. The molecule has 0 fully saturated rings. The standard InChI is InChI=1S/C17H16N2O2/c18-12-15-3-1-14(2-4-15)11-17(21)19-16-7-5-13(6-8-16)9-10-20/h1-8,20H,9-11H2,(H,19,21). The van der Waals surface area contributed by atoms with Crippen LogP contribution in [0.4, 0.5) is 5.69 Å². The molecule has 2 N–H and O–H groups in total. The molecule has 0 unspecified atom stereocenters. The third kappa shape index (κ3) is 4.44. The summed E-state index contributed by atoms with van der Waals surface area (Å²) in [7, 11) is 0. The molecular formula is C17H16N2O2.